The van der Waals surface area contributed by atoms with Crippen LogP contribution in [0.2, 0.25) is 0 Å². The number of rotatable bonds is 6. The minimum atomic E-state index is -0.0357. The van der Waals surface area contributed by atoms with Crippen LogP contribution in [0.4, 0.5) is 5.13 Å². The third kappa shape index (κ3) is 4.81. The summed E-state index contributed by atoms with van der Waals surface area (Å²) in [7, 11) is 0. The zero-order valence-electron chi connectivity index (χ0n) is 11.3. The zero-order chi connectivity index (χ0) is 14.4. The van der Waals surface area contributed by atoms with Crippen molar-refractivity contribution in [3.8, 4) is 0 Å². The highest BCUT2D eigenvalue weighted by atomic mass is 32.2. The number of aromatic nitrogens is 2. The summed E-state index contributed by atoms with van der Waals surface area (Å²) < 4.78 is 0.854. The molecule has 1 N–H and O–H groups in total. The topological polar surface area (TPSA) is 54.9 Å². The molecule has 0 spiro atoms. The number of thioether (sulfide) groups is 2. The molecule has 0 bridgehead atoms. The Morgan fingerprint density at radius 3 is 2.95 bits per heavy atom. The predicted molar refractivity (Wildman–Crippen MR) is 87.7 cm³/mol. The first-order chi connectivity index (χ1) is 9.67. The smallest absolute Gasteiger partial charge is 0.236 e. The molecule has 1 amide bonds. The number of anilines is 1. The molecular formula is C13H15N3OS3. The van der Waals surface area contributed by atoms with Gasteiger partial charge in [-0.05, 0) is 18.7 Å². The largest absolute Gasteiger partial charge is 0.300 e. The van der Waals surface area contributed by atoms with Gasteiger partial charge in [0.25, 0.3) is 0 Å². The summed E-state index contributed by atoms with van der Waals surface area (Å²) in [6, 6.07) is 8.32. The predicted octanol–water partition coefficient (Wildman–Crippen LogP) is 3.44. The first-order valence-corrected chi connectivity index (χ1v) is 9.17. The molecule has 0 aliphatic rings. The number of hydrogen-bond donors (Lipinski definition) is 1. The Kier molecular flexibility index (Phi) is 5.87. The summed E-state index contributed by atoms with van der Waals surface area (Å²) >= 11 is 4.51. The normalized spacial score (nSPS) is 10.5. The third-order valence-electron chi connectivity index (χ3n) is 2.41. The van der Waals surface area contributed by atoms with Gasteiger partial charge < -0.3 is 0 Å². The number of nitrogens with one attached hydrogen (secondary N) is 1. The van der Waals surface area contributed by atoms with E-state index < -0.39 is 0 Å². The number of benzene rings is 1. The van der Waals surface area contributed by atoms with Crippen LogP contribution in [0.5, 0.6) is 0 Å². The number of aryl methyl sites for hydroxylation is 1. The van der Waals surface area contributed by atoms with Gasteiger partial charge in [0, 0.05) is 5.75 Å². The van der Waals surface area contributed by atoms with E-state index in [1.807, 2.05) is 12.3 Å². The fraction of sp³-hybridized carbons (Fsp3) is 0.308. The van der Waals surface area contributed by atoms with Crippen LogP contribution in [-0.2, 0) is 10.5 Å². The summed E-state index contributed by atoms with van der Waals surface area (Å²) in [6.45, 7) is 2.07. The lowest BCUT2D eigenvalue weighted by Gasteiger charge is -2.03. The molecule has 0 fully saturated rings. The quantitative estimate of drug-likeness (QED) is 0.651. The fourth-order valence-electron chi connectivity index (χ4n) is 1.56. The molecule has 1 aromatic carbocycles. The number of carbonyl (C=O) groups is 1. The maximum Gasteiger partial charge on any atom is 0.236 e. The molecule has 1 heterocycles. The third-order valence-corrected chi connectivity index (χ3v) is 5.23. The maximum absolute atomic E-state index is 11.8. The van der Waals surface area contributed by atoms with Crippen LogP contribution >= 0.6 is 34.9 Å². The molecule has 4 nitrogen and oxygen atoms in total. The molecule has 2 aromatic rings. The lowest BCUT2D eigenvalue weighted by molar-refractivity contribution is -0.113. The molecule has 2 rings (SSSR count). The molecule has 20 heavy (non-hydrogen) atoms. The molecule has 0 atom stereocenters. The van der Waals surface area contributed by atoms with Crippen molar-refractivity contribution in [1.29, 1.82) is 0 Å². The van der Waals surface area contributed by atoms with E-state index in [4.69, 9.17) is 0 Å². The molecule has 0 radical (unpaired) electrons. The molecule has 0 aliphatic carbocycles. The van der Waals surface area contributed by atoms with Gasteiger partial charge in [-0.25, -0.2) is 0 Å². The minimum absolute atomic E-state index is 0.0357. The van der Waals surface area contributed by atoms with E-state index in [0.717, 1.165) is 10.1 Å². The van der Waals surface area contributed by atoms with Crippen molar-refractivity contribution in [3.05, 3.63) is 35.4 Å². The van der Waals surface area contributed by atoms with Gasteiger partial charge >= 0.3 is 0 Å². The van der Waals surface area contributed by atoms with Crippen molar-refractivity contribution < 1.29 is 4.79 Å². The van der Waals surface area contributed by atoms with E-state index in [9.17, 15) is 4.79 Å². The Labute approximate surface area is 130 Å². The van der Waals surface area contributed by atoms with E-state index >= 15 is 0 Å². The Morgan fingerprint density at radius 2 is 2.25 bits per heavy atom. The highest BCUT2D eigenvalue weighted by Gasteiger charge is 2.07. The summed E-state index contributed by atoms with van der Waals surface area (Å²) in [5.74, 6) is 1.22. The van der Waals surface area contributed by atoms with Crippen molar-refractivity contribution >= 4 is 45.9 Å². The number of amides is 1. The van der Waals surface area contributed by atoms with Crippen LogP contribution in [0.3, 0.4) is 0 Å². The van der Waals surface area contributed by atoms with Crippen LogP contribution in [0, 0.1) is 6.92 Å². The second-order valence-corrected chi connectivity index (χ2v) is 7.12. The Morgan fingerprint density at radius 1 is 1.40 bits per heavy atom. The highest BCUT2D eigenvalue weighted by molar-refractivity contribution is 8.00. The SMILES string of the molecule is CSc1nnc(NC(=O)CSCc2cccc(C)c2)s1. The van der Waals surface area contributed by atoms with Crippen molar-refractivity contribution in [2.75, 3.05) is 17.3 Å². The lowest BCUT2D eigenvalue weighted by Crippen LogP contribution is -2.14. The van der Waals surface area contributed by atoms with Crippen LogP contribution in [0.1, 0.15) is 11.1 Å². The monoisotopic (exact) mass is 325 g/mol. The molecule has 0 saturated heterocycles. The second kappa shape index (κ2) is 7.66. The van der Waals surface area contributed by atoms with Crippen molar-refractivity contribution in [2.24, 2.45) is 0 Å². The molecular weight excluding hydrogens is 310 g/mol. The van der Waals surface area contributed by atoms with Gasteiger partial charge in [-0.15, -0.1) is 22.0 Å². The molecule has 0 unspecified atom stereocenters. The van der Waals surface area contributed by atoms with Crippen LogP contribution in [0.15, 0.2) is 28.6 Å². The van der Waals surface area contributed by atoms with Gasteiger partial charge in [0.2, 0.25) is 11.0 Å². The average molecular weight is 325 g/mol. The summed E-state index contributed by atoms with van der Waals surface area (Å²) in [4.78, 5) is 11.8. The summed E-state index contributed by atoms with van der Waals surface area (Å²) in [5.41, 5.74) is 2.48. The van der Waals surface area contributed by atoms with E-state index in [0.29, 0.717) is 10.9 Å². The van der Waals surface area contributed by atoms with Gasteiger partial charge in [0.05, 0.1) is 5.75 Å². The Hall–Kier alpha value is -1.05. The summed E-state index contributed by atoms with van der Waals surface area (Å²) in [6.07, 6.45) is 1.93. The van der Waals surface area contributed by atoms with Crippen molar-refractivity contribution in [1.82, 2.24) is 10.2 Å². The van der Waals surface area contributed by atoms with E-state index in [-0.39, 0.29) is 5.91 Å². The van der Waals surface area contributed by atoms with Gasteiger partial charge in [-0.3, -0.25) is 10.1 Å². The molecule has 0 aliphatic heterocycles. The zero-order valence-corrected chi connectivity index (χ0v) is 13.7. The highest BCUT2D eigenvalue weighted by Crippen LogP contribution is 2.23. The number of carbonyl (C=O) groups excluding carboxylic acids is 1. The van der Waals surface area contributed by atoms with Crippen molar-refractivity contribution in [3.63, 3.8) is 0 Å². The van der Waals surface area contributed by atoms with Crippen LogP contribution < -0.4 is 5.32 Å². The van der Waals surface area contributed by atoms with Gasteiger partial charge in [-0.1, -0.05) is 52.9 Å². The van der Waals surface area contributed by atoms with Gasteiger partial charge in [0.15, 0.2) is 4.34 Å². The van der Waals surface area contributed by atoms with E-state index in [1.165, 1.54) is 34.2 Å². The lowest BCUT2D eigenvalue weighted by atomic mass is 10.2. The standard InChI is InChI=1S/C13H15N3OS3/c1-9-4-3-5-10(6-9)7-19-8-11(17)14-12-15-16-13(18-2)20-12/h3-6H,7-8H2,1-2H3,(H,14,15,17). The summed E-state index contributed by atoms with van der Waals surface area (Å²) in [5, 5.41) is 11.2. The first kappa shape index (κ1) is 15.3. The molecule has 7 heteroatoms. The van der Waals surface area contributed by atoms with Gasteiger partial charge in [0.1, 0.15) is 0 Å². The minimum Gasteiger partial charge on any atom is -0.300 e. The molecule has 106 valence electrons. The fourth-order valence-corrected chi connectivity index (χ4v) is 3.52. The van der Waals surface area contributed by atoms with Gasteiger partial charge in [-0.2, -0.15) is 0 Å². The van der Waals surface area contributed by atoms with Crippen LogP contribution in [0.25, 0.3) is 0 Å². The number of hydrogen-bond acceptors (Lipinski definition) is 6. The van der Waals surface area contributed by atoms with E-state index in [1.54, 1.807) is 11.8 Å². The molecule has 1 aromatic heterocycles. The molecule has 0 saturated carbocycles. The van der Waals surface area contributed by atoms with Crippen molar-refractivity contribution in [2.45, 2.75) is 17.0 Å². The van der Waals surface area contributed by atoms with E-state index in [2.05, 4.69) is 40.6 Å². The average Bonchev–Trinajstić information content (AvgIpc) is 2.86. The second-order valence-electron chi connectivity index (χ2n) is 4.11. The maximum atomic E-state index is 11.8. The Bertz CT molecular complexity index is 586. The van der Waals surface area contributed by atoms with Crippen LogP contribution in [-0.4, -0.2) is 28.1 Å². The first-order valence-electron chi connectivity index (χ1n) is 5.98. The number of nitrogens with zero attached hydrogens (tertiary/aromatic N) is 2. The Balaban J connectivity index is 1.75.